The summed E-state index contributed by atoms with van der Waals surface area (Å²) in [6.45, 7) is 4.18. The molecule has 14 heteroatoms. The van der Waals surface area contributed by atoms with Crippen LogP contribution in [-0.2, 0) is 25.2 Å². The molecule has 46 heavy (non-hydrogen) atoms. The van der Waals surface area contributed by atoms with Crippen LogP contribution in [0, 0.1) is 0 Å². The first-order chi connectivity index (χ1) is 22.1. The molecule has 0 radical (unpaired) electrons. The van der Waals surface area contributed by atoms with Crippen molar-refractivity contribution >= 4 is 39.3 Å². The van der Waals surface area contributed by atoms with Crippen LogP contribution in [0.1, 0.15) is 24.1 Å². The Bertz CT molecular complexity index is 1730. The third-order valence-corrected chi connectivity index (χ3v) is 10.9. The Hall–Kier alpha value is -3.91. The second-order valence-electron chi connectivity index (χ2n) is 11.6. The quantitative estimate of drug-likeness (QED) is 0.369. The Labute approximate surface area is 273 Å². The number of ether oxygens (including phenoxy) is 3. The van der Waals surface area contributed by atoms with E-state index in [1.807, 2.05) is 0 Å². The van der Waals surface area contributed by atoms with E-state index in [0.717, 1.165) is 25.9 Å². The van der Waals surface area contributed by atoms with Crippen LogP contribution < -0.4 is 13.8 Å². The van der Waals surface area contributed by atoms with Crippen molar-refractivity contribution in [1.29, 1.82) is 0 Å². The van der Waals surface area contributed by atoms with Crippen LogP contribution in [-0.4, -0.2) is 107 Å². The molecule has 12 nitrogen and oxygen atoms in total. The summed E-state index contributed by atoms with van der Waals surface area (Å²) in [5.41, 5.74) is -2.13. The zero-order chi connectivity index (χ0) is 32.6. The molecule has 0 bridgehead atoms. The van der Waals surface area contributed by atoms with Gasteiger partial charge in [-0.3, -0.25) is 14.7 Å². The molecule has 1 unspecified atom stereocenters. The summed E-state index contributed by atoms with van der Waals surface area (Å²) >= 11 is 6.44. The molecule has 3 aliphatic heterocycles. The molecule has 2 amide bonds. The lowest BCUT2D eigenvalue weighted by atomic mass is 9.91. The third-order valence-electron chi connectivity index (χ3n) is 8.97. The first-order valence-electron chi connectivity index (χ1n) is 15.0. The summed E-state index contributed by atoms with van der Waals surface area (Å²) in [6.07, 6.45) is 2.83. The SMILES string of the molecule is COc1ccc(S(=O)(=O)N2C(=O)C(OC(=O)N3CCN(C4CCN(C)CC4)CC3)(c3ccccn3)c3cc(Cl)ccc32)c(OC)c1. The van der Waals surface area contributed by atoms with Gasteiger partial charge in [0.15, 0.2) is 0 Å². The molecule has 0 aliphatic carbocycles. The molecule has 0 spiro atoms. The standard InChI is InChI=1S/C32H36ClN5O7S/c1-35-14-11-23(12-15-35)36-16-18-37(19-17-36)31(40)45-32(29-6-4-5-13-34-29)25-20-22(33)7-9-26(25)38(30(32)39)46(41,42)28-10-8-24(43-2)21-27(28)44-3/h4-10,13,20-21,23H,11-12,14-19H2,1-3H3. The maximum Gasteiger partial charge on any atom is 0.411 e. The summed E-state index contributed by atoms with van der Waals surface area (Å²) in [4.78, 5) is 39.1. The molecule has 0 saturated carbocycles. The van der Waals surface area contributed by atoms with E-state index in [4.69, 9.17) is 25.8 Å². The number of hydrogen-bond acceptors (Lipinski definition) is 10. The number of carbonyl (C=O) groups is 2. The predicted octanol–water partition coefficient (Wildman–Crippen LogP) is 3.58. The Balaban J connectivity index is 1.38. The number of hydrogen-bond donors (Lipinski definition) is 0. The van der Waals surface area contributed by atoms with Crippen LogP contribution in [0.5, 0.6) is 11.5 Å². The summed E-state index contributed by atoms with van der Waals surface area (Å²) < 4.78 is 46.2. The van der Waals surface area contributed by atoms with Gasteiger partial charge in [0.2, 0.25) is 0 Å². The largest absolute Gasteiger partial charge is 0.497 e. The average Bonchev–Trinajstić information content (AvgIpc) is 3.32. The van der Waals surface area contributed by atoms with E-state index in [-0.39, 0.29) is 32.6 Å². The van der Waals surface area contributed by atoms with Crippen molar-refractivity contribution in [2.45, 2.75) is 29.4 Å². The highest BCUT2D eigenvalue weighted by atomic mass is 35.5. The van der Waals surface area contributed by atoms with Crippen molar-refractivity contribution in [2.24, 2.45) is 0 Å². The number of piperidine rings is 1. The topological polar surface area (TPSA) is 122 Å². The summed E-state index contributed by atoms with van der Waals surface area (Å²) in [7, 11) is 0.255. The number of benzene rings is 2. The number of pyridine rings is 1. The first-order valence-corrected chi connectivity index (χ1v) is 16.9. The smallest absolute Gasteiger partial charge is 0.411 e. The van der Waals surface area contributed by atoms with Gasteiger partial charge in [0.25, 0.3) is 21.5 Å². The van der Waals surface area contributed by atoms with Gasteiger partial charge in [-0.2, -0.15) is 4.31 Å². The summed E-state index contributed by atoms with van der Waals surface area (Å²) in [5, 5.41) is 0.218. The minimum absolute atomic E-state index is 0.0159. The lowest BCUT2D eigenvalue weighted by Gasteiger charge is -2.42. The van der Waals surface area contributed by atoms with E-state index in [9.17, 15) is 18.0 Å². The van der Waals surface area contributed by atoms with Crippen molar-refractivity contribution < 1.29 is 32.2 Å². The highest BCUT2D eigenvalue weighted by molar-refractivity contribution is 7.93. The highest BCUT2D eigenvalue weighted by Crippen LogP contribution is 2.50. The zero-order valence-electron chi connectivity index (χ0n) is 25.9. The van der Waals surface area contributed by atoms with Gasteiger partial charge in [-0.15, -0.1) is 0 Å². The highest BCUT2D eigenvalue weighted by Gasteiger charge is 2.61. The van der Waals surface area contributed by atoms with Crippen molar-refractivity contribution in [3.05, 3.63) is 77.1 Å². The van der Waals surface area contributed by atoms with Gasteiger partial charge in [0.05, 0.1) is 25.6 Å². The molecule has 244 valence electrons. The third kappa shape index (κ3) is 5.55. The molecule has 0 N–H and O–H groups in total. The predicted molar refractivity (Wildman–Crippen MR) is 171 cm³/mol. The minimum atomic E-state index is -4.63. The molecule has 4 heterocycles. The molecule has 6 rings (SSSR count). The van der Waals surface area contributed by atoms with Gasteiger partial charge in [-0.25, -0.2) is 13.2 Å². The number of carbonyl (C=O) groups excluding carboxylic acids is 2. The van der Waals surface area contributed by atoms with Crippen molar-refractivity contribution in [3.8, 4) is 11.5 Å². The second kappa shape index (κ2) is 12.7. The van der Waals surface area contributed by atoms with Crippen molar-refractivity contribution in [1.82, 2.24) is 19.7 Å². The molecular formula is C32H36ClN5O7S. The van der Waals surface area contributed by atoms with Crippen LogP contribution in [0.25, 0.3) is 0 Å². The zero-order valence-corrected chi connectivity index (χ0v) is 27.5. The number of likely N-dealkylation sites (tertiary alicyclic amines) is 1. The first kappa shape index (κ1) is 32.0. The van der Waals surface area contributed by atoms with E-state index in [0.29, 0.717) is 42.3 Å². The van der Waals surface area contributed by atoms with Crippen LogP contribution >= 0.6 is 11.6 Å². The fourth-order valence-corrected chi connectivity index (χ4v) is 8.22. The molecule has 2 aromatic carbocycles. The van der Waals surface area contributed by atoms with E-state index < -0.39 is 27.6 Å². The van der Waals surface area contributed by atoms with Crippen LogP contribution in [0.2, 0.25) is 5.02 Å². The molecule has 2 fully saturated rings. The van der Waals surface area contributed by atoms with Gasteiger partial charge in [0, 0.05) is 55.1 Å². The molecule has 1 aromatic heterocycles. The van der Waals surface area contributed by atoms with E-state index in [2.05, 4.69) is 21.8 Å². The molecular weight excluding hydrogens is 634 g/mol. The van der Waals surface area contributed by atoms with Crippen LogP contribution in [0.15, 0.2) is 65.7 Å². The number of amides is 2. The number of methoxy groups -OCH3 is 2. The van der Waals surface area contributed by atoms with Gasteiger partial charge < -0.3 is 24.0 Å². The fraction of sp³-hybridized carbons (Fsp3) is 0.406. The molecule has 1 atom stereocenters. The van der Waals surface area contributed by atoms with Gasteiger partial charge >= 0.3 is 6.09 Å². The number of aromatic nitrogens is 1. The number of fused-ring (bicyclic) bond motifs is 1. The average molecular weight is 670 g/mol. The molecule has 3 aromatic rings. The number of sulfonamides is 1. The van der Waals surface area contributed by atoms with Gasteiger partial charge in [-0.1, -0.05) is 17.7 Å². The van der Waals surface area contributed by atoms with Gasteiger partial charge in [-0.05, 0) is 75.4 Å². The Morgan fingerprint density at radius 2 is 1.70 bits per heavy atom. The summed E-state index contributed by atoms with van der Waals surface area (Å²) in [5.74, 6) is -0.694. The van der Waals surface area contributed by atoms with Crippen molar-refractivity contribution in [3.63, 3.8) is 0 Å². The molecule has 2 saturated heterocycles. The summed E-state index contributed by atoms with van der Waals surface area (Å²) in [6, 6.07) is 13.8. The van der Waals surface area contributed by atoms with E-state index >= 15 is 0 Å². The minimum Gasteiger partial charge on any atom is -0.497 e. The fourth-order valence-electron chi connectivity index (χ4n) is 6.45. The monoisotopic (exact) mass is 669 g/mol. The van der Waals surface area contributed by atoms with E-state index in [1.165, 1.54) is 62.9 Å². The Morgan fingerprint density at radius 3 is 2.35 bits per heavy atom. The normalized spacial score (nSPS) is 21.3. The number of nitrogens with zero attached hydrogens (tertiary/aromatic N) is 5. The second-order valence-corrected chi connectivity index (χ2v) is 13.8. The lowest BCUT2D eigenvalue weighted by molar-refractivity contribution is -0.132. The maximum atomic E-state index is 14.7. The number of piperazine rings is 1. The Morgan fingerprint density at radius 1 is 0.957 bits per heavy atom. The number of halogens is 1. The lowest BCUT2D eigenvalue weighted by Crippen LogP contribution is -2.55. The maximum absolute atomic E-state index is 14.7. The number of anilines is 1. The van der Waals surface area contributed by atoms with E-state index in [1.54, 1.807) is 17.0 Å². The van der Waals surface area contributed by atoms with Crippen molar-refractivity contribution in [2.75, 3.05) is 64.8 Å². The van der Waals surface area contributed by atoms with Crippen LogP contribution in [0.4, 0.5) is 10.5 Å². The molecule has 3 aliphatic rings. The Kier molecular flexibility index (Phi) is 8.85. The van der Waals surface area contributed by atoms with Crippen LogP contribution in [0.3, 0.4) is 0 Å². The van der Waals surface area contributed by atoms with Gasteiger partial charge in [0.1, 0.15) is 16.4 Å². The number of rotatable bonds is 7.